The Labute approximate surface area is 130 Å². The highest BCUT2D eigenvalue weighted by Gasteiger charge is 2.12. The molecule has 0 aliphatic rings. The largest absolute Gasteiger partial charge is 0.491 e. The number of ether oxygens (including phenoxy) is 1. The zero-order valence-electron chi connectivity index (χ0n) is 12.8. The van der Waals surface area contributed by atoms with Gasteiger partial charge >= 0.3 is 0 Å². The Hall–Kier alpha value is -2.62. The molecule has 0 unspecified atom stereocenters. The van der Waals surface area contributed by atoms with Crippen LogP contribution in [0.3, 0.4) is 0 Å². The maximum Gasteiger partial charge on any atom is 0.255 e. The molecule has 2 aromatic rings. The van der Waals surface area contributed by atoms with Gasteiger partial charge in [-0.1, -0.05) is 25.1 Å². The van der Waals surface area contributed by atoms with Crippen LogP contribution in [-0.4, -0.2) is 18.3 Å². The Kier molecular flexibility index (Phi) is 5.31. The minimum atomic E-state index is -0.234. The first-order chi connectivity index (χ1) is 10.6. The normalized spacial score (nSPS) is 10.1. The SMILES string of the molecule is CCCOc1ccc(C(C)=O)cc1NC(=O)c1ccccc1. The third-order valence-corrected chi connectivity index (χ3v) is 3.13. The first-order valence-electron chi connectivity index (χ1n) is 7.26. The zero-order valence-corrected chi connectivity index (χ0v) is 12.8. The lowest BCUT2D eigenvalue weighted by atomic mass is 10.1. The predicted molar refractivity (Wildman–Crippen MR) is 86.6 cm³/mol. The lowest BCUT2D eigenvalue weighted by Crippen LogP contribution is -2.13. The average molecular weight is 297 g/mol. The van der Waals surface area contributed by atoms with E-state index in [9.17, 15) is 9.59 Å². The van der Waals surface area contributed by atoms with Gasteiger partial charge in [0.15, 0.2) is 5.78 Å². The second-order valence-corrected chi connectivity index (χ2v) is 4.94. The van der Waals surface area contributed by atoms with E-state index in [-0.39, 0.29) is 11.7 Å². The summed E-state index contributed by atoms with van der Waals surface area (Å²) in [7, 11) is 0. The van der Waals surface area contributed by atoms with Crippen molar-refractivity contribution in [3.05, 3.63) is 59.7 Å². The Balaban J connectivity index is 2.28. The number of amides is 1. The second kappa shape index (κ2) is 7.41. The molecule has 4 heteroatoms. The molecule has 0 spiro atoms. The van der Waals surface area contributed by atoms with E-state index in [1.807, 2.05) is 13.0 Å². The fraction of sp³-hybridized carbons (Fsp3) is 0.222. The summed E-state index contributed by atoms with van der Waals surface area (Å²) < 4.78 is 5.63. The summed E-state index contributed by atoms with van der Waals surface area (Å²) in [5, 5.41) is 2.81. The fourth-order valence-electron chi connectivity index (χ4n) is 1.97. The number of anilines is 1. The van der Waals surface area contributed by atoms with Crippen molar-refractivity contribution < 1.29 is 14.3 Å². The van der Waals surface area contributed by atoms with Gasteiger partial charge in [0, 0.05) is 11.1 Å². The van der Waals surface area contributed by atoms with Gasteiger partial charge in [0.2, 0.25) is 0 Å². The molecule has 1 amide bonds. The molecule has 1 N–H and O–H groups in total. The van der Waals surface area contributed by atoms with Gasteiger partial charge in [-0.15, -0.1) is 0 Å². The molecular weight excluding hydrogens is 278 g/mol. The zero-order chi connectivity index (χ0) is 15.9. The number of Topliss-reactive ketones (excluding diaryl/α,β-unsaturated/α-hetero) is 1. The minimum Gasteiger partial charge on any atom is -0.491 e. The molecule has 0 aliphatic carbocycles. The van der Waals surface area contributed by atoms with Gasteiger partial charge in [0.25, 0.3) is 5.91 Å². The van der Waals surface area contributed by atoms with E-state index in [1.165, 1.54) is 6.92 Å². The molecule has 0 aromatic heterocycles. The molecule has 2 aromatic carbocycles. The maximum atomic E-state index is 12.3. The van der Waals surface area contributed by atoms with Gasteiger partial charge in [-0.05, 0) is 43.7 Å². The van der Waals surface area contributed by atoms with Crippen molar-refractivity contribution in [2.24, 2.45) is 0 Å². The van der Waals surface area contributed by atoms with Crippen LogP contribution in [0, 0.1) is 0 Å². The molecule has 0 radical (unpaired) electrons. The smallest absolute Gasteiger partial charge is 0.255 e. The van der Waals surface area contributed by atoms with Crippen LogP contribution in [0.15, 0.2) is 48.5 Å². The molecule has 0 bridgehead atoms. The molecule has 2 rings (SSSR count). The summed E-state index contributed by atoms with van der Waals surface area (Å²) in [5.41, 5.74) is 1.60. The van der Waals surface area contributed by atoms with E-state index in [4.69, 9.17) is 4.74 Å². The van der Waals surface area contributed by atoms with Crippen molar-refractivity contribution in [3.63, 3.8) is 0 Å². The number of carbonyl (C=O) groups is 2. The number of hydrogen-bond acceptors (Lipinski definition) is 3. The van der Waals surface area contributed by atoms with Crippen molar-refractivity contribution >= 4 is 17.4 Å². The number of hydrogen-bond donors (Lipinski definition) is 1. The van der Waals surface area contributed by atoms with Crippen LogP contribution in [0.25, 0.3) is 0 Å². The van der Waals surface area contributed by atoms with E-state index in [2.05, 4.69) is 5.32 Å². The summed E-state index contributed by atoms with van der Waals surface area (Å²) in [4.78, 5) is 23.8. The van der Waals surface area contributed by atoms with Crippen LogP contribution in [0.4, 0.5) is 5.69 Å². The quantitative estimate of drug-likeness (QED) is 0.822. The summed E-state index contributed by atoms with van der Waals surface area (Å²) in [6.07, 6.45) is 0.862. The van der Waals surface area contributed by atoms with Crippen molar-refractivity contribution in [1.29, 1.82) is 0 Å². The summed E-state index contributed by atoms with van der Waals surface area (Å²) in [6, 6.07) is 14.0. The summed E-state index contributed by atoms with van der Waals surface area (Å²) >= 11 is 0. The molecular formula is C18H19NO3. The van der Waals surface area contributed by atoms with Crippen LogP contribution >= 0.6 is 0 Å². The minimum absolute atomic E-state index is 0.0581. The highest BCUT2D eigenvalue weighted by Crippen LogP contribution is 2.27. The number of rotatable bonds is 6. The van der Waals surface area contributed by atoms with E-state index in [1.54, 1.807) is 42.5 Å². The Morgan fingerprint density at radius 1 is 1.05 bits per heavy atom. The Morgan fingerprint density at radius 3 is 2.41 bits per heavy atom. The van der Waals surface area contributed by atoms with Crippen LogP contribution in [-0.2, 0) is 0 Å². The molecule has 22 heavy (non-hydrogen) atoms. The Morgan fingerprint density at radius 2 is 1.77 bits per heavy atom. The van der Waals surface area contributed by atoms with Crippen molar-refractivity contribution in [1.82, 2.24) is 0 Å². The molecule has 4 nitrogen and oxygen atoms in total. The van der Waals surface area contributed by atoms with Gasteiger partial charge in [0.05, 0.1) is 12.3 Å². The monoisotopic (exact) mass is 297 g/mol. The molecule has 0 fully saturated rings. The van der Waals surface area contributed by atoms with Crippen molar-refractivity contribution in [2.45, 2.75) is 20.3 Å². The highest BCUT2D eigenvalue weighted by atomic mass is 16.5. The lowest BCUT2D eigenvalue weighted by molar-refractivity contribution is 0.101. The van der Waals surface area contributed by atoms with Crippen LogP contribution in [0.5, 0.6) is 5.75 Å². The Bertz CT molecular complexity index is 665. The maximum absolute atomic E-state index is 12.3. The van der Waals surface area contributed by atoms with Crippen molar-refractivity contribution in [2.75, 3.05) is 11.9 Å². The number of nitrogens with one attached hydrogen (secondary N) is 1. The molecule has 0 heterocycles. The lowest BCUT2D eigenvalue weighted by Gasteiger charge is -2.13. The average Bonchev–Trinajstić information content (AvgIpc) is 2.54. The van der Waals surface area contributed by atoms with Gasteiger partial charge in [-0.2, -0.15) is 0 Å². The van der Waals surface area contributed by atoms with Crippen molar-refractivity contribution in [3.8, 4) is 5.75 Å². The second-order valence-electron chi connectivity index (χ2n) is 4.94. The van der Waals surface area contributed by atoms with Gasteiger partial charge in [-0.3, -0.25) is 9.59 Å². The molecule has 0 atom stereocenters. The first kappa shape index (κ1) is 15.8. The van der Waals surface area contributed by atoms with Gasteiger partial charge in [-0.25, -0.2) is 0 Å². The van der Waals surface area contributed by atoms with E-state index in [0.717, 1.165) is 6.42 Å². The van der Waals surface area contributed by atoms with Crippen LogP contribution in [0.2, 0.25) is 0 Å². The first-order valence-corrected chi connectivity index (χ1v) is 7.26. The van der Waals surface area contributed by atoms with Gasteiger partial charge < -0.3 is 10.1 Å². The number of benzene rings is 2. The van der Waals surface area contributed by atoms with Crippen LogP contribution < -0.4 is 10.1 Å². The topological polar surface area (TPSA) is 55.4 Å². The third kappa shape index (κ3) is 3.95. The number of carbonyl (C=O) groups excluding carboxylic acids is 2. The van der Waals surface area contributed by atoms with E-state index in [0.29, 0.717) is 29.2 Å². The number of ketones is 1. The molecule has 0 saturated carbocycles. The summed E-state index contributed by atoms with van der Waals surface area (Å²) in [6.45, 7) is 4.05. The molecule has 114 valence electrons. The van der Waals surface area contributed by atoms with Gasteiger partial charge in [0.1, 0.15) is 5.75 Å². The standard InChI is InChI=1S/C18H19NO3/c1-3-11-22-17-10-9-15(13(2)20)12-16(17)19-18(21)14-7-5-4-6-8-14/h4-10,12H,3,11H2,1-2H3,(H,19,21). The third-order valence-electron chi connectivity index (χ3n) is 3.13. The fourth-order valence-corrected chi connectivity index (χ4v) is 1.97. The predicted octanol–water partition coefficient (Wildman–Crippen LogP) is 3.93. The molecule has 0 saturated heterocycles. The molecule has 0 aliphatic heterocycles. The van der Waals surface area contributed by atoms with Crippen LogP contribution in [0.1, 0.15) is 41.0 Å². The van der Waals surface area contributed by atoms with E-state index < -0.39 is 0 Å². The summed E-state index contributed by atoms with van der Waals surface area (Å²) in [5.74, 6) is 0.274. The van der Waals surface area contributed by atoms with E-state index >= 15 is 0 Å². The highest BCUT2D eigenvalue weighted by molar-refractivity contribution is 6.06.